The summed E-state index contributed by atoms with van der Waals surface area (Å²) < 4.78 is 10.1. The second-order valence-electron chi connectivity index (χ2n) is 4.44. The van der Waals surface area contributed by atoms with Crippen molar-refractivity contribution in [3.8, 4) is 11.5 Å². The number of carbonyl (C=O) groups excluding carboxylic acids is 1. The van der Waals surface area contributed by atoms with Gasteiger partial charge in [0.1, 0.15) is 5.56 Å². The van der Waals surface area contributed by atoms with E-state index in [1.54, 1.807) is 24.3 Å². The minimum Gasteiger partial charge on any atom is -0.493 e. The molecule has 0 aliphatic carbocycles. The molecular formula is C15H13ClN2O5. The third-order valence-corrected chi connectivity index (χ3v) is 3.30. The number of hydrogen-bond donors (Lipinski definition) is 1. The largest absolute Gasteiger partial charge is 0.493 e. The second-order valence-corrected chi connectivity index (χ2v) is 4.88. The summed E-state index contributed by atoms with van der Waals surface area (Å²) in [6.07, 6.45) is 0. The predicted octanol–water partition coefficient (Wildman–Crippen LogP) is 3.52. The molecule has 1 amide bonds. The molecule has 0 radical (unpaired) electrons. The van der Waals surface area contributed by atoms with Crippen LogP contribution in [0.15, 0.2) is 36.4 Å². The zero-order valence-electron chi connectivity index (χ0n) is 12.3. The summed E-state index contributed by atoms with van der Waals surface area (Å²) in [5.41, 5.74) is -0.0554. The van der Waals surface area contributed by atoms with Crippen LogP contribution in [0.2, 0.25) is 5.02 Å². The van der Waals surface area contributed by atoms with Gasteiger partial charge in [-0.3, -0.25) is 14.9 Å². The molecule has 2 aromatic rings. The van der Waals surface area contributed by atoms with Crippen LogP contribution in [0.5, 0.6) is 11.5 Å². The molecule has 0 aliphatic rings. The van der Waals surface area contributed by atoms with Crippen molar-refractivity contribution in [3.63, 3.8) is 0 Å². The molecule has 7 nitrogen and oxygen atoms in total. The first-order chi connectivity index (χ1) is 11.0. The fourth-order valence-electron chi connectivity index (χ4n) is 1.93. The molecule has 0 saturated carbocycles. The highest BCUT2D eigenvalue weighted by Gasteiger charge is 2.24. The predicted molar refractivity (Wildman–Crippen MR) is 85.6 cm³/mol. The van der Waals surface area contributed by atoms with Crippen molar-refractivity contribution in [2.75, 3.05) is 19.5 Å². The summed E-state index contributed by atoms with van der Waals surface area (Å²) in [5, 5.41) is 14.3. The Balaban J connectivity index is 2.41. The summed E-state index contributed by atoms with van der Waals surface area (Å²) in [4.78, 5) is 22.9. The highest BCUT2D eigenvalue weighted by molar-refractivity contribution is 6.30. The minimum absolute atomic E-state index is 0.136. The Morgan fingerprint density at radius 2 is 1.70 bits per heavy atom. The monoisotopic (exact) mass is 336 g/mol. The number of carbonyl (C=O) groups is 1. The van der Waals surface area contributed by atoms with Crippen LogP contribution in [0.25, 0.3) is 0 Å². The third-order valence-electron chi connectivity index (χ3n) is 3.05. The molecule has 0 unspecified atom stereocenters. The molecule has 8 heteroatoms. The smallest absolute Gasteiger partial charge is 0.286 e. The molecule has 120 valence electrons. The van der Waals surface area contributed by atoms with E-state index in [9.17, 15) is 14.9 Å². The summed E-state index contributed by atoms with van der Waals surface area (Å²) in [6, 6.07) is 8.79. The fraction of sp³-hybridized carbons (Fsp3) is 0.133. The summed E-state index contributed by atoms with van der Waals surface area (Å²) in [7, 11) is 2.74. The van der Waals surface area contributed by atoms with Crippen molar-refractivity contribution < 1.29 is 19.2 Å². The highest BCUT2D eigenvalue weighted by atomic mass is 35.5. The lowest BCUT2D eigenvalue weighted by atomic mass is 10.1. The maximum atomic E-state index is 12.3. The number of halogens is 1. The first-order valence-corrected chi connectivity index (χ1v) is 6.81. The molecule has 23 heavy (non-hydrogen) atoms. The number of amides is 1. The lowest BCUT2D eigenvalue weighted by molar-refractivity contribution is -0.385. The van der Waals surface area contributed by atoms with E-state index in [2.05, 4.69) is 5.32 Å². The maximum absolute atomic E-state index is 12.3. The lowest BCUT2D eigenvalue weighted by Gasteiger charge is -2.11. The SMILES string of the molecule is COc1cc(C(=O)Nc2ccc(Cl)cc2)c([N+](=O)[O-])cc1OC. The van der Waals surface area contributed by atoms with Gasteiger partial charge in [-0.15, -0.1) is 0 Å². The number of nitrogens with zero attached hydrogens (tertiary/aromatic N) is 1. The van der Waals surface area contributed by atoms with Gasteiger partial charge < -0.3 is 14.8 Å². The molecule has 0 aliphatic heterocycles. The molecule has 0 atom stereocenters. The van der Waals surface area contributed by atoms with Gasteiger partial charge in [0.2, 0.25) is 0 Å². The Bertz CT molecular complexity index is 746. The van der Waals surface area contributed by atoms with Gasteiger partial charge in [-0.2, -0.15) is 0 Å². The van der Waals surface area contributed by atoms with Gasteiger partial charge in [-0.25, -0.2) is 0 Å². The van der Waals surface area contributed by atoms with E-state index >= 15 is 0 Å². The van der Waals surface area contributed by atoms with E-state index < -0.39 is 10.8 Å². The fourth-order valence-corrected chi connectivity index (χ4v) is 2.06. The van der Waals surface area contributed by atoms with Gasteiger partial charge >= 0.3 is 0 Å². The van der Waals surface area contributed by atoms with Crippen molar-refractivity contribution in [2.45, 2.75) is 0 Å². The molecule has 2 aromatic carbocycles. The van der Waals surface area contributed by atoms with Crippen LogP contribution >= 0.6 is 11.6 Å². The van der Waals surface area contributed by atoms with Gasteiger partial charge in [0.25, 0.3) is 11.6 Å². The van der Waals surface area contributed by atoms with Gasteiger partial charge in [-0.1, -0.05) is 11.6 Å². The molecule has 0 spiro atoms. The quantitative estimate of drug-likeness (QED) is 0.666. The number of ether oxygens (including phenoxy) is 2. The standard InChI is InChI=1S/C15H13ClN2O5/c1-22-13-7-11(12(18(20)21)8-14(13)23-2)15(19)17-10-5-3-9(16)4-6-10/h3-8H,1-2H3,(H,17,19). The summed E-state index contributed by atoms with van der Waals surface area (Å²) >= 11 is 5.77. The minimum atomic E-state index is -0.654. The first kappa shape index (κ1) is 16.6. The molecule has 0 saturated heterocycles. The Hall–Kier alpha value is -2.80. The van der Waals surface area contributed by atoms with E-state index in [4.69, 9.17) is 21.1 Å². The molecule has 0 bridgehead atoms. The normalized spacial score (nSPS) is 10.0. The van der Waals surface area contributed by atoms with Crippen LogP contribution < -0.4 is 14.8 Å². The summed E-state index contributed by atoms with van der Waals surface area (Å²) in [6.45, 7) is 0. The molecule has 0 fully saturated rings. The van der Waals surface area contributed by atoms with Gasteiger partial charge in [0, 0.05) is 16.8 Å². The van der Waals surface area contributed by atoms with Crippen LogP contribution in [0, 0.1) is 10.1 Å². The second kappa shape index (κ2) is 6.97. The highest BCUT2D eigenvalue weighted by Crippen LogP contribution is 2.34. The zero-order valence-corrected chi connectivity index (χ0v) is 13.1. The number of rotatable bonds is 5. The zero-order chi connectivity index (χ0) is 17.0. The third kappa shape index (κ3) is 3.70. The van der Waals surface area contributed by atoms with E-state index in [1.807, 2.05) is 0 Å². The average molecular weight is 337 g/mol. The van der Waals surface area contributed by atoms with Crippen LogP contribution in [-0.4, -0.2) is 25.1 Å². The van der Waals surface area contributed by atoms with Crippen molar-refractivity contribution in [1.29, 1.82) is 0 Å². The van der Waals surface area contributed by atoms with Crippen molar-refractivity contribution in [1.82, 2.24) is 0 Å². The van der Waals surface area contributed by atoms with Gasteiger partial charge in [0.05, 0.1) is 25.2 Å². The molecule has 2 rings (SSSR count). The number of benzene rings is 2. The van der Waals surface area contributed by atoms with Crippen LogP contribution in [0.1, 0.15) is 10.4 Å². The van der Waals surface area contributed by atoms with Crippen molar-refractivity contribution in [3.05, 3.63) is 57.1 Å². The topological polar surface area (TPSA) is 90.7 Å². The maximum Gasteiger partial charge on any atom is 0.286 e. The molecule has 1 N–H and O–H groups in total. The number of hydrogen-bond acceptors (Lipinski definition) is 5. The van der Waals surface area contributed by atoms with E-state index in [0.29, 0.717) is 10.7 Å². The first-order valence-electron chi connectivity index (χ1n) is 6.43. The number of nitrogens with one attached hydrogen (secondary N) is 1. The Kier molecular flexibility index (Phi) is 5.02. The Labute approximate surface area is 136 Å². The van der Waals surface area contributed by atoms with E-state index in [1.165, 1.54) is 20.3 Å². The molecule has 0 heterocycles. The molecular weight excluding hydrogens is 324 g/mol. The molecule has 0 aromatic heterocycles. The Morgan fingerprint density at radius 3 is 2.22 bits per heavy atom. The number of nitro groups is 1. The van der Waals surface area contributed by atoms with E-state index in [-0.39, 0.29) is 22.7 Å². The Morgan fingerprint density at radius 1 is 1.13 bits per heavy atom. The van der Waals surface area contributed by atoms with Gasteiger partial charge in [0.15, 0.2) is 11.5 Å². The van der Waals surface area contributed by atoms with E-state index in [0.717, 1.165) is 6.07 Å². The van der Waals surface area contributed by atoms with Crippen LogP contribution in [0.4, 0.5) is 11.4 Å². The van der Waals surface area contributed by atoms with Crippen molar-refractivity contribution in [2.24, 2.45) is 0 Å². The number of methoxy groups -OCH3 is 2. The number of nitro benzene ring substituents is 1. The average Bonchev–Trinajstić information content (AvgIpc) is 2.55. The summed E-state index contributed by atoms with van der Waals surface area (Å²) in [5.74, 6) is -0.249. The van der Waals surface area contributed by atoms with Gasteiger partial charge in [-0.05, 0) is 24.3 Å². The lowest BCUT2D eigenvalue weighted by Crippen LogP contribution is -2.14. The van der Waals surface area contributed by atoms with Crippen LogP contribution in [0.3, 0.4) is 0 Å². The van der Waals surface area contributed by atoms with Crippen molar-refractivity contribution >= 4 is 28.9 Å². The number of anilines is 1. The van der Waals surface area contributed by atoms with Crippen LogP contribution in [-0.2, 0) is 0 Å².